The average Bonchev–Trinajstić information content (AvgIpc) is 2.91. The minimum atomic E-state index is -0.409. The Kier molecular flexibility index (Phi) is 2.38. The molecular formula is C13H11N3O3. The van der Waals surface area contributed by atoms with E-state index < -0.39 is 5.76 Å². The number of hydrogen-bond donors (Lipinski definition) is 0. The van der Waals surface area contributed by atoms with Crippen molar-refractivity contribution in [2.24, 2.45) is 14.1 Å². The van der Waals surface area contributed by atoms with Crippen molar-refractivity contribution in [3.05, 3.63) is 40.5 Å². The van der Waals surface area contributed by atoms with E-state index in [1.54, 1.807) is 30.9 Å². The van der Waals surface area contributed by atoms with Gasteiger partial charge in [0.25, 0.3) is 0 Å². The van der Waals surface area contributed by atoms with Crippen molar-refractivity contribution < 1.29 is 9.21 Å². The first-order chi connectivity index (χ1) is 9.11. The van der Waals surface area contributed by atoms with Gasteiger partial charge >= 0.3 is 5.76 Å². The molecule has 1 aromatic carbocycles. The van der Waals surface area contributed by atoms with E-state index in [9.17, 15) is 9.59 Å². The lowest BCUT2D eigenvalue weighted by atomic mass is 10.1. The summed E-state index contributed by atoms with van der Waals surface area (Å²) in [5.74, 6) is -0.409. The number of fused-ring (bicyclic) bond motifs is 1. The number of nitrogens with zero attached hydrogens (tertiary/aromatic N) is 3. The standard InChI is InChI=1S/C13H11N3O3/c1-15-10-5-8(3-4-11(10)19-13(15)18)12-9(7-17)6-14-16(12)2/h3-7H,1-2H3. The highest BCUT2D eigenvalue weighted by Crippen LogP contribution is 2.25. The van der Waals surface area contributed by atoms with Crippen LogP contribution in [-0.2, 0) is 14.1 Å². The monoisotopic (exact) mass is 257 g/mol. The molecule has 0 unspecified atom stereocenters. The molecule has 0 saturated carbocycles. The Morgan fingerprint density at radius 1 is 1.32 bits per heavy atom. The lowest BCUT2D eigenvalue weighted by Gasteiger charge is -2.03. The Morgan fingerprint density at radius 3 is 2.84 bits per heavy atom. The fourth-order valence-electron chi connectivity index (χ4n) is 2.17. The van der Waals surface area contributed by atoms with Gasteiger partial charge in [-0.25, -0.2) is 4.79 Å². The second-order valence-corrected chi connectivity index (χ2v) is 4.30. The molecule has 3 aromatic rings. The SMILES string of the molecule is Cn1ncc(C=O)c1-c1ccc2oc(=O)n(C)c2c1. The van der Waals surface area contributed by atoms with Crippen LogP contribution in [0.4, 0.5) is 0 Å². The van der Waals surface area contributed by atoms with Crippen molar-refractivity contribution in [2.75, 3.05) is 0 Å². The lowest BCUT2D eigenvalue weighted by Crippen LogP contribution is -2.08. The van der Waals surface area contributed by atoms with Crippen molar-refractivity contribution in [3.63, 3.8) is 0 Å². The van der Waals surface area contributed by atoms with Gasteiger partial charge in [-0.05, 0) is 18.2 Å². The maximum absolute atomic E-state index is 11.4. The number of carbonyl (C=O) groups excluding carboxylic acids is 1. The molecule has 0 amide bonds. The molecular weight excluding hydrogens is 246 g/mol. The molecule has 19 heavy (non-hydrogen) atoms. The quantitative estimate of drug-likeness (QED) is 0.650. The smallest absolute Gasteiger partial charge is 0.408 e. The summed E-state index contributed by atoms with van der Waals surface area (Å²) in [5, 5.41) is 4.06. The number of benzene rings is 1. The van der Waals surface area contributed by atoms with E-state index >= 15 is 0 Å². The van der Waals surface area contributed by atoms with E-state index in [4.69, 9.17) is 4.42 Å². The van der Waals surface area contributed by atoms with Gasteiger partial charge in [0.15, 0.2) is 11.9 Å². The maximum Gasteiger partial charge on any atom is 0.419 e. The Morgan fingerprint density at radius 2 is 2.11 bits per heavy atom. The first-order valence-electron chi connectivity index (χ1n) is 5.69. The van der Waals surface area contributed by atoms with Crippen molar-refractivity contribution >= 4 is 17.4 Å². The highest BCUT2D eigenvalue weighted by atomic mass is 16.4. The highest BCUT2D eigenvalue weighted by Gasteiger charge is 2.13. The minimum Gasteiger partial charge on any atom is -0.408 e. The second-order valence-electron chi connectivity index (χ2n) is 4.30. The van der Waals surface area contributed by atoms with E-state index in [1.807, 2.05) is 6.07 Å². The van der Waals surface area contributed by atoms with E-state index in [-0.39, 0.29) is 0 Å². The summed E-state index contributed by atoms with van der Waals surface area (Å²) in [7, 11) is 3.41. The Bertz CT molecular complexity index is 839. The predicted molar refractivity (Wildman–Crippen MR) is 69.0 cm³/mol. The third-order valence-corrected chi connectivity index (χ3v) is 3.16. The van der Waals surface area contributed by atoms with Crippen LogP contribution in [0.15, 0.2) is 33.6 Å². The van der Waals surface area contributed by atoms with E-state index in [1.165, 1.54) is 10.8 Å². The number of aromatic nitrogens is 3. The van der Waals surface area contributed by atoms with Crippen LogP contribution in [0.2, 0.25) is 0 Å². The van der Waals surface area contributed by atoms with Crippen LogP contribution < -0.4 is 5.76 Å². The molecule has 96 valence electrons. The third-order valence-electron chi connectivity index (χ3n) is 3.16. The zero-order valence-electron chi connectivity index (χ0n) is 10.5. The number of rotatable bonds is 2. The summed E-state index contributed by atoms with van der Waals surface area (Å²) >= 11 is 0. The average molecular weight is 257 g/mol. The fourth-order valence-corrected chi connectivity index (χ4v) is 2.17. The third kappa shape index (κ3) is 1.61. The second kappa shape index (κ2) is 3.94. The summed E-state index contributed by atoms with van der Waals surface area (Å²) in [6, 6.07) is 5.33. The number of carbonyl (C=O) groups is 1. The van der Waals surface area contributed by atoms with Gasteiger partial charge in [0, 0.05) is 19.7 Å². The molecule has 0 atom stereocenters. The van der Waals surface area contributed by atoms with Crippen molar-refractivity contribution in [3.8, 4) is 11.3 Å². The molecule has 0 aliphatic heterocycles. The Labute approximate surface area is 107 Å². The van der Waals surface area contributed by atoms with Crippen molar-refractivity contribution in [2.45, 2.75) is 0 Å². The first-order valence-corrected chi connectivity index (χ1v) is 5.69. The molecule has 0 N–H and O–H groups in total. The van der Waals surface area contributed by atoms with Gasteiger partial charge in [-0.2, -0.15) is 5.10 Å². The van der Waals surface area contributed by atoms with Crippen LogP contribution >= 0.6 is 0 Å². The number of hydrogen-bond acceptors (Lipinski definition) is 4. The molecule has 0 bridgehead atoms. The van der Waals surface area contributed by atoms with Crippen LogP contribution in [0.1, 0.15) is 10.4 Å². The van der Waals surface area contributed by atoms with Crippen LogP contribution in [0.3, 0.4) is 0 Å². The largest absolute Gasteiger partial charge is 0.419 e. The molecule has 2 aromatic heterocycles. The van der Waals surface area contributed by atoms with Crippen LogP contribution in [-0.4, -0.2) is 20.6 Å². The van der Waals surface area contributed by atoms with Crippen molar-refractivity contribution in [1.82, 2.24) is 14.3 Å². The molecule has 0 radical (unpaired) electrons. The molecule has 0 spiro atoms. The van der Waals surface area contributed by atoms with E-state index in [0.717, 1.165) is 11.8 Å². The Hall–Kier alpha value is -2.63. The predicted octanol–water partition coefficient (Wildman–Crippen LogP) is 1.34. The van der Waals surface area contributed by atoms with Crippen LogP contribution in [0, 0.1) is 0 Å². The van der Waals surface area contributed by atoms with Crippen LogP contribution in [0.25, 0.3) is 22.4 Å². The molecule has 0 saturated heterocycles. The molecule has 2 heterocycles. The van der Waals surface area contributed by atoms with Gasteiger partial charge in [0.05, 0.1) is 23.0 Å². The number of oxazole rings is 1. The summed E-state index contributed by atoms with van der Waals surface area (Å²) in [4.78, 5) is 22.5. The summed E-state index contributed by atoms with van der Waals surface area (Å²) in [6.07, 6.45) is 2.28. The molecule has 6 heteroatoms. The maximum atomic E-state index is 11.4. The summed E-state index contributed by atoms with van der Waals surface area (Å²) < 4.78 is 8.13. The number of aldehydes is 1. The zero-order valence-corrected chi connectivity index (χ0v) is 10.5. The summed E-state index contributed by atoms with van der Waals surface area (Å²) in [6.45, 7) is 0. The molecule has 0 aliphatic rings. The van der Waals surface area contributed by atoms with E-state index in [0.29, 0.717) is 22.4 Å². The normalized spacial score (nSPS) is 11.1. The van der Waals surface area contributed by atoms with Gasteiger partial charge in [-0.1, -0.05) is 0 Å². The molecule has 0 aliphatic carbocycles. The highest BCUT2D eigenvalue weighted by molar-refractivity contribution is 5.88. The summed E-state index contributed by atoms with van der Waals surface area (Å²) in [5.41, 5.74) is 3.23. The van der Waals surface area contributed by atoms with Gasteiger partial charge < -0.3 is 4.42 Å². The molecule has 6 nitrogen and oxygen atoms in total. The van der Waals surface area contributed by atoms with E-state index in [2.05, 4.69) is 5.10 Å². The molecule has 0 fully saturated rings. The topological polar surface area (TPSA) is 70.0 Å². The van der Waals surface area contributed by atoms with Crippen LogP contribution in [0.5, 0.6) is 0 Å². The van der Waals surface area contributed by atoms with Crippen molar-refractivity contribution in [1.29, 1.82) is 0 Å². The Balaban J connectivity index is 2.31. The van der Waals surface area contributed by atoms with Gasteiger partial charge in [0.1, 0.15) is 0 Å². The fraction of sp³-hybridized carbons (Fsp3) is 0.154. The zero-order chi connectivity index (χ0) is 13.6. The number of aryl methyl sites for hydroxylation is 2. The molecule has 3 rings (SSSR count). The van der Waals surface area contributed by atoms with Gasteiger partial charge in [-0.3, -0.25) is 14.0 Å². The minimum absolute atomic E-state index is 0.409. The first kappa shape index (κ1) is 11.5. The van der Waals surface area contributed by atoms with Gasteiger partial charge in [0.2, 0.25) is 0 Å². The lowest BCUT2D eigenvalue weighted by molar-refractivity contribution is 0.112. The van der Waals surface area contributed by atoms with Gasteiger partial charge in [-0.15, -0.1) is 0 Å².